The highest BCUT2D eigenvalue weighted by Crippen LogP contribution is 2.39. The zero-order chi connectivity index (χ0) is 23.4. The third-order valence-electron chi connectivity index (χ3n) is 4.94. The fraction of sp³-hybridized carbons (Fsp3) is 0.182. The van der Waals surface area contributed by atoms with Crippen LogP contribution in [0.15, 0.2) is 59.5 Å². The van der Waals surface area contributed by atoms with E-state index in [2.05, 4.69) is 19.4 Å². The van der Waals surface area contributed by atoms with Crippen LogP contribution in [-0.2, 0) is 12.1 Å². The molecule has 0 radical (unpaired) electrons. The molecular weight excluding hydrogens is 471 g/mol. The van der Waals surface area contributed by atoms with E-state index in [-0.39, 0.29) is 17.9 Å². The Labute approximate surface area is 196 Å². The van der Waals surface area contributed by atoms with Crippen molar-refractivity contribution in [3.8, 4) is 0 Å². The number of aliphatic hydroxyl groups is 1. The molecule has 2 aromatic carbocycles. The van der Waals surface area contributed by atoms with Crippen molar-refractivity contribution < 1.29 is 18.3 Å². The maximum Gasteiger partial charge on any atom is 0.170 e. The standard InChI is InChI=1S/C22H18F3N5OS2/c1-14(32-21-28-20(29-33-21)9-4-15-2-5-16(23)6-3-15)22(31,11-30-13-26-12-27-30)18-8-7-17(24)10-19(18)25/h2-10,12-14,31H,11H2,1H3/b9-4+. The summed E-state index contributed by atoms with van der Waals surface area (Å²) in [6, 6.07) is 9.07. The molecule has 33 heavy (non-hydrogen) atoms. The predicted octanol–water partition coefficient (Wildman–Crippen LogP) is 4.79. The highest BCUT2D eigenvalue weighted by molar-refractivity contribution is 8.01. The minimum Gasteiger partial charge on any atom is -0.382 e. The second-order valence-electron chi connectivity index (χ2n) is 7.20. The van der Waals surface area contributed by atoms with Gasteiger partial charge in [-0.1, -0.05) is 36.0 Å². The first kappa shape index (κ1) is 23.1. The molecule has 0 saturated heterocycles. The zero-order valence-electron chi connectivity index (χ0n) is 17.3. The highest BCUT2D eigenvalue weighted by Gasteiger charge is 2.40. The summed E-state index contributed by atoms with van der Waals surface area (Å²) in [6.07, 6.45) is 6.17. The number of benzene rings is 2. The molecule has 0 aliphatic heterocycles. The maximum atomic E-state index is 14.7. The smallest absolute Gasteiger partial charge is 0.170 e. The van der Waals surface area contributed by atoms with Crippen molar-refractivity contribution in [1.29, 1.82) is 0 Å². The summed E-state index contributed by atoms with van der Waals surface area (Å²) in [5, 5.41) is 15.0. The van der Waals surface area contributed by atoms with Crippen molar-refractivity contribution in [1.82, 2.24) is 24.1 Å². The van der Waals surface area contributed by atoms with Crippen LogP contribution < -0.4 is 0 Å². The number of rotatable bonds is 8. The first-order chi connectivity index (χ1) is 15.8. The van der Waals surface area contributed by atoms with Crippen molar-refractivity contribution in [2.45, 2.75) is 28.7 Å². The van der Waals surface area contributed by atoms with Crippen LogP contribution in [-0.4, -0.2) is 34.5 Å². The molecule has 1 N–H and O–H groups in total. The fourth-order valence-corrected chi connectivity index (χ4v) is 5.13. The van der Waals surface area contributed by atoms with Crippen LogP contribution >= 0.6 is 23.3 Å². The molecule has 0 fully saturated rings. The van der Waals surface area contributed by atoms with Gasteiger partial charge in [0.05, 0.1) is 6.54 Å². The fourth-order valence-electron chi connectivity index (χ4n) is 3.16. The molecule has 2 atom stereocenters. The van der Waals surface area contributed by atoms with E-state index in [1.807, 2.05) is 0 Å². The van der Waals surface area contributed by atoms with Gasteiger partial charge in [0.15, 0.2) is 10.2 Å². The lowest BCUT2D eigenvalue weighted by Crippen LogP contribution is -2.41. The van der Waals surface area contributed by atoms with Crippen molar-refractivity contribution in [3.05, 3.63) is 89.5 Å². The van der Waals surface area contributed by atoms with E-state index in [4.69, 9.17) is 0 Å². The molecule has 0 amide bonds. The van der Waals surface area contributed by atoms with E-state index >= 15 is 0 Å². The molecule has 0 bridgehead atoms. The average molecular weight is 490 g/mol. The van der Waals surface area contributed by atoms with Gasteiger partial charge in [-0.15, -0.1) is 0 Å². The van der Waals surface area contributed by atoms with Crippen molar-refractivity contribution >= 4 is 35.4 Å². The number of halogens is 3. The molecule has 4 aromatic rings. The van der Waals surface area contributed by atoms with Crippen LogP contribution in [0.4, 0.5) is 13.2 Å². The number of aromatic nitrogens is 5. The van der Waals surface area contributed by atoms with E-state index in [1.54, 1.807) is 31.2 Å². The second-order valence-corrected chi connectivity index (χ2v) is 9.54. The first-order valence-electron chi connectivity index (χ1n) is 9.78. The molecule has 11 heteroatoms. The van der Waals surface area contributed by atoms with Gasteiger partial charge in [0.1, 0.15) is 35.7 Å². The van der Waals surface area contributed by atoms with Gasteiger partial charge < -0.3 is 5.11 Å². The minimum atomic E-state index is -1.74. The Kier molecular flexibility index (Phi) is 6.91. The Morgan fingerprint density at radius 1 is 1.12 bits per heavy atom. The van der Waals surface area contributed by atoms with E-state index in [0.29, 0.717) is 10.2 Å². The summed E-state index contributed by atoms with van der Waals surface area (Å²) in [5.74, 6) is -1.46. The molecule has 0 aliphatic carbocycles. The molecule has 6 nitrogen and oxygen atoms in total. The van der Waals surface area contributed by atoms with E-state index in [0.717, 1.165) is 29.2 Å². The van der Waals surface area contributed by atoms with E-state index in [1.165, 1.54) is 47.3 Å². The Morgan fingerprint density at radius 2 is 1.88 bits per heavy atom. The Morgan fingerprint density at radius 3 is 2.58 bits per heavy atom. The van der Waals surface area contributed by atoms with Crippen LogP contribution in [0, 0.1) is 17.5 Å². The van der Waals surface area contributed by atoms with Gasteiger partial charge in [-0.25, -0.2) is 27.8 Å². The van der Waals surface area contributed by atoms with Crippen molar-refractivity contribution in [3.63, 3.8) is 0 Å². The molecule has 0 spiro atoms. The van der Waals surface area contributed by atoms with Gasteiger partial charge in [-0.05, 0) is 48.3 Å². The molecule has 4 rings (SSSR count). The molecular formula is C22H18F3N5OS2. The molecule has 2 unspecified atom stereocenters. The molecule has 0 saturated carbocycles. The normalized spacial score (nSPS) is 14.5. The molecule has 2 heterocycles. The van der Waals surface area contributed by atoms with Gasteiger partial charge in [0.2, 0.25) is 0 Å². The average Bonchev–Trinajstić information content (AvgIpc) is 3.45. The van der Waals surface area contributed by atoms with Crippen LogP contribution in [0.2, 0.25) is 0 Å². The van der Waals surface area contributed by atoms with Crippen LogP contribution in [0.25, 0.3) is 12.2 Å². The van der Waals surface area contributed by atoms with E-state index < -0.39 is 22.5 Å². The third kappa shape index (κ3) is 5.49. The minimum absolute atomic E-state index is 0.0552. The molecule has 0 aliphatic rings. The second kappa shape index (κ2) is 9.86. The Bertz CT molecular complexity index is 1250. The number of nitrogens with zero attached hydrogens (tertiary/aromatic N) is 5. The first-order valence-corrected chi connectivity index (χ1v) is 11.4. The quantitative estimate of drug-likeness (QED) is 0.359. The van der Waals surface area contributed by atoms with Crippen LogP contribution in [0.1, 0.15) is 23.9 Å². The van der Waals surface area contributed by atoms with Gasteiger partial charge >= 0.3 is 0 Å². The number of hydrogen-bond donors (Lipinski definition) is 1. The Balaban J connectivity index is 1.56. The lowest BCUT2D eigenvalue weighted by molar-refractivity contribution is 0.0133. The monoisotopic (exact) mass is 489 g/mol. The van der Waals surface area contributed by atoms with Gasteiger partial charge in [-0.2, -0.15) is 9.47 Å². The van der Waals surface area contributed by atoms with Crippen LogP contribution in [0.3, 0.4) is 0 Å². The number of thioether (sulfide) groups is 1. The summed E-state index contributed by atoms with van der Waals surface area (Å²) in [7, 11) is 0. The zero-order valence-corrected chi connectivity index (χ0v) is 18.9. The predicted molar refractivity (Wildman–Crippen MR) is 121 cm³/mol. The summed E-state index contributed by atoms with van der Waals surface area (Å²) in [5.41, 5.74) is -1.01. The van der Waals surface area contributed by atoms with Crippen LogP contribution in [0.5, 0.6) is 0 Å². The largest absolute Gasteiger partial charge is 0.382 e. The Hall–Kier alpha value is -3.02. The molecule has 2 aromatic heterocycles. The van der Waals surface area contributed by atoms with E-state index in [9.17, 15) is 18.3 Å². The van der Waals surface area contributed by atoms with Crippen molar-refractivity contribution in [2.24, 2.45) is 0 Å². The number of hydrogen-bond acceptors (Lipinski definition) is 7. The summed E-state index contributed by atoms with van der Waals surface area (Å²) >= 11 is 2.35. The topological polar surface area (TPSA) is 76.7 Å². The molecule has 170 valence electrons. The van der Waals surface area contributed by atoms with Gasteiger partial charge in [0, 0.05) is 16.9 Å². The summed E-state index contributed by atoms with van der Waals surface area (Å²) < 4.78 is 47.4. The lowest BCUT2D eigenvalue weighted by Gasteiger charge is -2.33. The lowest BCUT2D eigenvalue weighted by atomic mass is 9.90. The summed E-state index contributed by atoms with van der Waals surface area (Å²) in [4.78, 5) is 8.30. The summed E-state index contributed by atoms with van der Waals surface area (Å²) in [6.45, 7) is 1.62. The highest BCUT2D eigenvalue weighted by atomic mass is 32.2. The van der Waals surface area contributed by atoms with Crippen molar-refractivity contribution in [2.75, 3.05) is 0 Å². The third-order valence-corrected chi connectivity index (χ3v) is 7.01. The van der Waals surface area contributed by atoms with Gasteiger partial charge in [0.25, 0.3) is 0 Å². The SMILES string of the molecule is CC(Sc1nc(/C=C/c2ccc(F)cc2)ns1)C(O)(Cn1cncn1)c1ccc(F)cc1F. The van der Waals surface area contributed by atoms with Gasteiger partial charge in [-0.3, -0.25) is 0 Å². The maximum absolute atomic E-state index is 14.7.